The van der Waals surface area contributed by atoms with E-state index >= 15 is 0 Å². The summed E-state index contributed by atoms with van der Waals surface area (Å²) in [5.41, 5.74) is 3.44. The highest BCUT2D eigenvalue weighted by atomic mass is 35.5. The summed E-state index contributed by atoms with van der Waals surface area (Å²) in [5.74, 6) is 1.59. The number of hydrogen-bond acceptors (Lipinski definition) is 5. The molecule has 6 heteroatoms. The van der Waals surface area contributed by atoms with Crippen LogP contribution in [0.2, 0.25) is 5.02 Å². The van der Waals surface area contributed by atoms with Crippen LogP contribution in [-0.4, -0.2) is 37.6 Å². The third-order valence-electron chi connectivity index (χ3n) is 8.36. The molecule has 3 aliphatic rings. The fraction of sp³-hybridized carbons (Fsp3) is 0.548. The molecule has 0 N–H and O–H groups in total. The Morgan fingerprint density at radius 1 is 1.19 bits per heavy atom. The lowest BCUT2D eigenvalue weighted by Crippen LogP contribution is -2.48. The zero-order chi connectivity index (χ0) is 26.2. The largest absolute Gasteiger partial charge is 0.490 e. The summed E-state index contributed by atoms with van der Waals surface area (Å²) in [4.78, 5) is 26.4. The number of rotatable bonds is 6. The molecule has 1 spiro atoms. The number of carbonyl (C=O) groups excluding carboxylic acids is 2. The number of aldehydes is 1. The fourth-order valence-electron chi connectivity index (χ4n) is 6.40. The van der Waals surface area contributed by atoms with E-state index in [1.54, 1.807) is 0 Å². The quantitative estimate of drug-likeness (QED) is 0.309. The van der Waals surface area contributed by atoms with E-state index in [9.17, 15) is 9.59 Å². The Bertz CT molecular complexity index is 1170. The SMILES string of the molecule is CC(C)(C)OC(=O)c1ccc2c(c1)N(C[C@@H]1CC[C@H]1CCC=O)CC1(CCCc3cc(Cl)ccc31)CO2. The molecule has 2 aromatic rings. The second-order valence-corrected chi connectivity index (χ2v) is 12.6. The molecule has 1 aliphatic heterocycles. The number of benzene rings is 2. The van der Waals surface area contributed by atoms with Gasteiger partial charge in [0.25, 0.3) is 0 Å². The van der Waals surface area contributed by atoms with Crippen LogP contribution in [0.1, 0.15) is 80.8 Å². The van der Waals surface area contributed by atoms with E-state index in [0.717, 1.165) is 61.5 Å². The monoisotopic (exact) mass is 523 g/mol. The van der Waals surface area contributed by atoms with E-state index < -0.39 is 5.60 Å². The van der Waals surface area contributed by atoms with Gasteiger partial charge in [-0.05, 0) is 113 Å². The van der Waals surface area contributed by atoms with Gasteiger partial charge in [0.15, 0.2) is 0 Å². The number of fused-ring (bicyclic) bond motifs is 3. The van der Waals surface area contributed by atoms with Gasteiger partial charge in [0.05, 0.1) is 17.9 Å². The van der Waals surface area contributed by atoms with Crippen LogP contribution in [0, 0.1) is 11.8 Å². The van der Waals surface area contributed by atoms with Gasteiger partial charge in [0.1, 0.15) is 17.6 Å². The molecule has 0 radical (unpaired) electrons. The van der Waals surface area contributed by atoms with Gasteiger partial charge in [-0.1, -0.05) is 17.7 Å². The Balaban J connectivity index is 1.51. The molecule has 198 valence electrons. The maximum Gasteiger partial charge on any atom is 0.338 e. The summed E-state index contributed by atoms with van der Waals surface area (Å²) in [7, 11) is 0. The van der Waals surface area contributed by atoms with Crippen LogP contribution in [0.25, 0.3) is 0 Å². The second kappa shape index (κ2) is 10.3. The maximum absolute atomic E-state index is 13.0. The van der Waals surface area contributed by atoms with E-state index in [2.05, 4.69) is 17.0 Å². The smallest absolute Gasteiger partial charge is 0.338 e. The minimum absolute atomic E-state index is 0.148. The van der Waals surface area contributed by atoms with Crippen LogP contribution in [0.3, 0.4) is 0 Å². The van der Waals surface area contributed by atoms with Crippen molar-refractivity contribution in [2.45, 2.75) is 76.7 Å². The average molecular weight is 524 g/mol. The van der Waals surface area contributed by atoms with E-state index in [4.69, 9.17) is 21.1 Å². The average Bonchev–Trinajstić information content (AvgIpc) is 2.98. The standard InChI is InChI=1S/C31H38ClNO4/c1-30(2,3)37-29(35)23-10-13-28-27(17-23)33(18-24-9-8-21(24)7-5-15-34)19-31(20-36-28)14-4-6-22-16-25(32)11-12-26(22)31/h10-13,15-17,21,24H,4-9,14,18-20H2,1-3H3/t21-,24+,31?/m1/s1. The Morgan fingerprint density at radius 2 is 2.00 bits per heavy atom. The predicted molar refractivity (Wildman–Crippen MR) is 147 cm³/mol. The van der Waals surface area contributed by atoms with Crippen molar-refractivity contribution < 1.29 is 19.1 Å². The van der Waals surface area contributed by atoms with Gasteiger partial charge < -0.3 is 19.2 Å². The fourth-order valence-corrected chi connectivity index (χ4v) is 6.60. The Labute approximate surface area is 225 Å². The Kier molecular flexibility index (Phi) is 7.28. The minimum atomic E-state index is -0.561. The summed E-state index contributed by atoms with van der Waals surface area (Å²) in [6.45, 7) is 7.96. The lowest BCUT2D eigenvalue weighted by atomic mass is 9.69. The molecule has 0 saturated heterocycles. The molecule has 0 bridgehead atoms. The summed E-state index contributed by atoms with van der Waals surface area (Å²) in [6, 6.07) is 12.0. The number of halogens is 1. The molecular weight excluding hydrogens is 486 g/mol. The molecule has 1 saturated carbocycles. The zero-order valence-corrected chi connectivity index (χ0v) is 23.0. The Hall–Kier alpha value is -2.53. The predicted octanol–water partition coefficient (Wildman–Crippen LogP) is 6.77. The van der Waals surface area contributed by atoms with Crippen molar-refractivity contribution in [3.05, 3.63) is 58.1 Å². The molecule has 5 nitrogen and oxygen atoms in total. The van der Waals surface area contributed by atoms with Crippen molar-refractivity contribution >= 4 is 29.5 Å². The third-order valence-corrected chi connectivity index (χ3v) is 8.59. The van der Waals surface area contributed by atoms with Crippen LogP contribution in [-0.2, 0) is 21.4 Å². The second-order valence-electron chi connectivity index (χ2n) is 12.1. The van der Waals surface area contributed by atoms with Crippen molar-refractivity contribution in [1.29, 1.82) is 0 Å². The zero-order valence-electron chi connectivity index (χ0n) is 22.2. The van der Waals surface area contributed by atoms with Gasteiger partial charge in [0.2, 0.25) is 0 Å². The summed E-state index contributed by atoms with van der Waals surface area (Å²) in [6.07, 6.45) is 8.14. The van der Waals surface area contributed by atoms with Gasteiger partial charge in [-0.15, -0.1) is 0 Å². The number of aryl methyl sites for hydroxylation is 1. The van der Waals surface area contributed by atoms with E-state index in [-0.39, 0.29) is 11.4 Å². The van der Waals surface area contributed by atoms with Crippen LogP contribution in [0.5, 0.6) is 5.75 Å². The number of hydrogen-bond donors (Lipinski definition) is 0. The highest BCUT2D eigenvalue weighted by molar-refractivity contribution is 6.30. The van der Waals surface area contributed by atoms with Crippen molar-refractivity contribution in [2.75, 3.05) is 24.6 Å². The van der Waals surface area contributed by atoms with Crippen molar-refractivity contribution in [2.24, 2.45) is 11.8 Å². The number of anilines is 1. The first kappa shape index (κ1) is 26.1. The van der Waals surface area contributed by atoms with E-state index in [1.807, 2.05) is 45.0 Å². The molecule has 1 fully saturated rings. The van der Waals surface area contributed by atoms with Crippen LogP contribution < -0.4 is 9.64 Å². The number of ether oxygens (including phenoxy) is 2. The first-order valence-electron chi connectivity index (χ1n) is 13.7. The van der Waals surface area contributed by atoms with E-state index in [1.165, 1.54) is 24.0 Å². The van der Waals surface area contributed by atoms with Gasteiger partial charge in [0, 0.05) is 29.9 Å². The summed E-state index contributed by atoms with van der Waals surface area (Å²) in [5, 5.41) is 0.778. The topological polar surface area (TPSA) is 55.8 Å². The molecule has 0 aromatic heterocycles. The minimum Gasteiger partial charge on any atom is -0.490 e. The van der Waals surface area contributed by atoms with Crippen molar-refractivity contribution in [3.8, 4) is 5.75 Å². The van der Waals surface area contributed by atoms with E-state index in [0.29, 0.717) is 30.4 Å². The van der Waals surface area contributed by atoms with Gasteiger partial charge in [-0.3, -0.25) is 0 Å². The molecule has 37 heavy (non-hydrogen) atoms. The molecule has 1 heterocycles. The molecule has 2 aromatic carbocycles. The normalized spacial score (nSPS) is 24.8. The first-order valence-corrected chi connectivity index (χ1v) is 14.0. The number of carbonyl (C=O) groups is 2. The lowest BCUT2D eigenvalue weighted by Gasteiger charge is -2.44. The maximum atomic E-state index is 13.0. The third kappa shape index (κ3) is 5.52. The van der Waals surface area contributed by atoms with Gasteiger partial charge >= 0.3 is 5.97 Å². The molecule has 2 aliphatic carbocycles. The molecular formula is C31H38ClNO4. The van der Waals surface area contributed by atoms with Crippen LogP contribution >= 0.6 is 11.6 Å². The highest BCUT2D eigenvalue weighted by Crippen LogP contribution is 2.46. The molecule has 1 unspecified atom stereocenters. The number of nitrogens with zero attached hydrogens (tertiary/aromatic N) is 1. The molecule has 0 amide bonds. The van der Waals surface area contributed by atoms with Crippen LogP contribution in [0.15, 0.2) is 36.4 Å². The van der Waals surface area contributed by atoms with Crippen molar-refractivity contribution in [1.82, 2.24) is 0 Å². The van der Waals surface area contributed by atoms with Crippen LogP contribution in [0.4, 0.5) is 5.69 Å². The number of esters is 1. The van der Waals surface area contributed by atoms with Crippen molar-refractivity contribution in [3.63, 3.8) is 0 Å². The lowest BCUT2D eigenvalue weighted by molar-refractivity contribution is -0.108. The first-order chi connectivity index (χ1) is 17.7. The summed E-state index contributed by atoms with van der Waals surface area (Å²) >= 11 is 6.37. The van der Waals surface area contributed by atoms with Gasteiger partial charge in [-0.2, -0.15) is 0 Å². The molecule has 5 rings (SSSR count). The highest BCUT2D eigenvalue weighted by Gasteiger charge is 2.43. The van der Waals surface area contributed by atoms with Gasteiger partial charge in [-0.25, -0.2) is 4.79 Å². The Morgan fingerprint density at radius 3 is 2.73 bits per heavy atom. The summed E-state index contributed by atoms with van der Waals surface area (Å²) < 4.78 is 12.2. The molecule has 3 atom stereocenters.